The second kappa shape index (κ2) is 9.59. The van der Waals surface area contributed by atoms with Crippen molar-refractivity contribution in [3.63, 3.8) is 0 Å². The van der Waals surface area contributed by atoms with Crippen LogP contribution in [0.4, 0.5) is 32.2 Å². The average molecular weight is 599 g/mol. The van der Waals surface area contributed by atoms with E-state index in [0.717, 1.165) is 28.8 Å². The number of aromatic nitrogens is 3. The van der Waals surface area contributed by atoms with E-state index in [0.29, 0.717) is 31.9 Å². The molecular weight excluding hydrogens is 572 g/mol. The molecule has 0 saturated heterocycles. The Morgan fingerprint density at radius 3 is 2.40 bits per heavy atom. The van der Waals surface area contributed by atoms with E-state index < -0.39 is 52.2 Å². The lowest BCUT2D eigenvalue weighted by atomic mass is 9.66. The number of hydrogen-bond acceptors (Lipinski definition) is 7. The van der Waals surface area contributed by atoms with Gasteiger partial charge in [0.05, 0.1) is 16.8 Å². The first-order valence-electron chi connectivity index (χ1n) is 12.8. The highest BCUT2D eigenvalue weighted by molar-refractivity contribution is 7.89. The van der Waals surface area contributed by atoms with Gasteiger partial charge in [0.15, 0.2) is 17.2 Å². The fourth-order valence-electron chi connectivity index (χ4n) is 5.15. The second-order valence-electron chi connectivity index (χ2n) is 9.75. The van der Waals surface area contributed by atoms with Crippen LogP contribution in [0, 0.1) is 12.3 Å². The topological polar surface area (TPSA) is 160 Å². The van der Waals surface area contributed by atoms with Gasteiger partial charge in [0.25, 0.3) is 0 Å². The van der Waals surface area contributed by atoms with Crippen molar-refractivity contribution in [2.45, 2.75) is 55.3 Å². The molecule has 1 aromatic carbocycles. The molecule has 5 N–H and O–H groups in total. The molecule has 0 aliphatic heterocycles. The van der Waals surface area contributed by atoms with Crippen LogP contribution in [-0.2, 0) is 21.0 Å². The quantitative estimate of drug-likeness (QED) is 0.325. The van der Waals surface area contributed by atoms with E-state index >= 15 is 0 Å². The summed E-state index contributed by atoms with van der Waals surface area (Å²) in [6.45, 7) is -2.74. The number of carboxylic acids is 1. The minimum absolute atomic E-state index is 0.0277. The molecule has 2 bridgehead atoms. The summed E-state index contributed by atoms with van der Waals surface area (Å²) in [6, 6.07) is 3.38. The number of aryl methyl sites for hydroxylation is 1. The molecule has 2 aromatic heterocycles. The average Bonchev–Trinajstić information content (AvgIpc) is 3.54. The number of alkyl halides is 6. The third kappa shape index (κ3) is 5.44. The number of carbonyl (C=O) groups is 1. The first kappa shape index (κ1) is 25.5. The fraction of sp³-hybridized carbons (Fsp3) is 0.435. The normalized spacial score (nSPS) is 23.9. The number of aliphatic carboxylic acids is 1. The van der Waals surface area contributed by atoms with Crippen LogP contribution >= 0.6 is 0 Å². The van der Waals surface area contributed by atoms with Crippen LogP contribution in [0.15, 0.2) is 35.5 Å². The van der Waals surface area contributed by atoms with Gasteiger partial charge in [-0.1, -0.05) is 6.07 Å². The van der Waals surface area contributed by atoms with Gasteiger partial charge < -0.3 is 15.9 Å². The first-order chi connectivity index (χ1) is 19.5. The number of halogens is 6. The van der Waals surface area contributed by atoms with E-state index in [1.54, 1.807) is 0 Å². The molecule has 3 aliphatic rings. The van der Waals surface area contributed by atoms with Gasteiger partial charge in [0, 0.05) is 28.0 Å². The number of hydrogen-bond donors (Lipinski definition) is 4. The summed E-state index contributed by atoms with van der Waals surface area (Å²) in [5, 5.41) is 16.7. The number of nitrogens with zero attached hydrogens (tertiary/aromatic N) is 3. The maximum atomic E-state index is 13.4. The van der Waals surface area contributed by atoms with Crippen molar-refractivity contribution < 1.29 is 53.9 Å². The standard InChI is InChI=1S/C21H22F3N5O3S.C2HF3O2/c1-12-2-3-13(33(31,32)28-20-5-4-19(9-20,10-20)11-30)6-14(12)15-7-26-18-17(25)27-16(8-29(15)18)21(22,23)24;3-2(4,5)1(6)7/h2-3,6-8,28,30H,4-5,9-11H2,1H3,(H2,25,27);(H,6,7)/i1D3;. The Balaban J connectivity index is 0.000000541. The van der Waals surface area contributed by atoms with Gasteiger partial charge in [-0.2, -0.15) is 26.3 Å². The highest BCUT2D eigenvalue weighted by Crippen LogP contribution is 2.61. The maximum Gasteiger partial charge on any atom is 0.490 e. The van der Waals surface area contributed by atoms with Gasteiger partial charge >= 0.3 is 18.3 Å². The largest absolute Gasteiger partial charge is 0.490 e. The monoisotopic (exact) mass is 598 g/mol. The number of rotatable bonds is 5. The molecule has 218 valence electrons. The molecule has 0 radical (unpaired) electrons. The highest BCUT2D eigenvalue weighted by Gasteiger charge is 2.61. The van der Waals surface area contributed by atoms with E-state index in [1.165, 1.54) is 0 Å². The smallest absolute Gasteiger partial charge is 0.475 e. The Kier molecular flexibility index (Phi) is 6.12. The molecule has 40 heavy (non-hydrogen) atoms. The SMILES string of the molecule is O=C(O)C(F)(F)F.[2H]C([2H])([2H])c1ccc(S(=O)(=O)NC23CCC(CO)(C2)C3)cc1-c1cnc2c(N)nc(C(F)(F)F)cn12. The molecule has 0 spiro atoms. The minimum atomic E-state index is -5.08. The van der Waals surface area contributed by atoms with E-state index in [4.69, 9.17) is 19.7 Å². The molecule has 0 atom stereocenters. The van der Waals surface area contributed by atoms with Gasteiger partial charge in [-0.05, 0) is 55.6 Å². The second-order valence-corrected chi connectivity index (χ2v) is 11.4. The first-order valence-corrected chi connectivity index (χ1v) is 12.8. The van der Waals surface area contributed by atoms with Gasteiger partial charge in [0.1, 0.15) is 0 Å². The number of nitrogens with one attached hydrogen (secondary N) is 1. The summed E-state index contributed by atoms with van der Waals surface area (Å²) in [5.41, 5.74) is 2.76. The minimum Gasteiger partial charge on any atom is -0.475 e. The van der Waals surface area contributed by atoms with E-state index in [9.17, 15) is 39.9 Å². The number of anilines is 1. The zero-order chi connectivity index (χ0) is 32.4. The Morgan fingerprint density at radius 1 is 1.23 bits per heavy atom. The van der Waals surface area contributed by atoms with Crippen molar-refractivity contribution in [1.29, 1.82) is 0 Å². The van der Waals surface area contributed by atoms with Crippen molar-refractivity contribution in [3.8, 4) is 11.3 Å². The van der Waals surface area contributed by atoms with Crippen LogP contribution in [0.25, 0.3) is 16.9 Å². The number of sulfonamides is 1. The summed E-state index contributed by atoms with van der Waals surface area (Å²) in [5.74, 6) is -3.28. The van der Waals surface area contributed by atoms with Gasteiger partial charge in [-0.3, -0.25) is 4.40 Å². The molecule has 2 heterocycles. The zero-order valence-electron chi connectivity index (χ0n) is 23.1. The maximum absolute atomic E-state index is 13.4. The number of nitrogens with two attached hydrogens (primary N) is 1. The number of aliphatic hydroxyl groups excluding tert-OH is 1. The third-order valence-corrected chi connectivity index (χ3v) is 8.45. The van der Waals surface area contributed by atoms with Crippen LogP contribution in [0.2, 0.25) is 0 Å². The van der Waals surface area contributed by atoms with E-state index in [2.05, 4.69) is 14.7 Å². The molecule has 17 heteroatoms. The van der Waals surface area contributed by atoms with Crippen molar-refractivity contribution >= 4 is 27.5 Å². The molecule has 0 unspecified atom stereocenters. The molecular formula is C23H23F6N5O5S. The zero-order valence-corrected chi connectivity index (χ0v) is 21.0. The number of aliphatic hydroxyl groups is 1. The summed E-state index contributed by atoms with van der Waals surface area (Å²) in [7, 11) is -4.13. The Hall–Kier alpha value is -3.44. The molecule has 3 aliphatic carbocycles. The van der Waals surface area contributed by atoms with Crippen LogP contribution in [0.3, 0.4) is 0 Å². The van der Waals surface area contributed by atoms with E-state index in [-0.39, 0.29) is 39.4 Å². The number of benzene rings is 1. The van der Waals surface area contributed by atoms with Gasteiger partial charge in [0.2, 0.25) is 10.0 Å². The Morgan fingerprint density at radius 2 is 1.88 bits per heavy atom. The van der Waals surface area contributed by atoms with Crippen LogP contribution < -0.4 is 10.5 Å². The van der Waals surface area contributed by atoms with Gasteiger partial charge in [-0.15, -0.1) is 0 Å². The number of imidazole rings is 1. The number of carboxylic acid groups (broad SMARTS) is 1. The molecule has 0 amide bonds. The molecule has 10 nitrogen and oxygen atoms in total. The van der Waals surface area contributed by atoms with Crippen molar-refractivity contribution in [2.75, 3.05) is 12.3 Å². The molecule has 6 rings (SSSR count). The highest BCUT2D eigenvalue weighted by atomic mass is 32.2. The summed E-state index contributed by atoms with van der Waals surface area (Å²) in [6.07, 6.45) is -5.92. The molecule has 3 saturated carbocycles. The number of fused-ring (bicyclic) bond motifs is 2. The van der Waals surface area contributed by atoms with Crippen LogP contribution in [0.5, 0.6) is 0 Å². The lowest BCUT2D eigenvalue weighted by Crippen LogP contribution is -2.56. The fourth-order valence-corrected chi connectivity index (χ4v) is 6.60. The lowest BCUT2D eigenvalue weighted by Gasteiger charge is -2.46. The van der Waals surface area contributed by atoms with Crippen molar-refractivity contribution in [2.24, 2.45) is 5.41 Å². The predicted octanol–water partition coefficient (Wildman–Crippen LogP) is 3.52. The predicted molar refractivity (Wildman–Crippen MR) is 127 cm³/mol. The summed E-state index contributed by atoms with van der Waals surface area (Å²) >= 11 is 0. The van der Waals surface area contributed by atoms with Gasteiger partial charge in [-0.25, -0.2) is 27.9 Å². The molecule has 3 fully saturated rings. The van der Waals surface area contributed by atoms with Crippen LogP contribution in [-0.4, -0.2) is 57.3 Å². The lowest BCUT2D eigenvalue weighted by molar-refractivity contribution is -0.192. The Bertz CT molecular complexity index is 1690. The number of nitrogen functional groups attached to an aromatic ring is 1. The van der Waals surface area contributed by atoms with Crippen molar-refractivity contribution in [3.05, 3.63) is 41.9 Å². The van der Waals surface area contributed by atoms with E-state index in [1.807, 2.05) is 0 Å². The third-order valence-electron chi connectivity index (χ3n) is 6.88. The summed E-state index contributed by atoms with van der Waals surface area (Å²) in [4.78, 5) is 16.0. The summed E-state index contributed by atoms with van der Waals surface area (Å²) < 4.78 is 126. The Labute approximate surface area is 227 Å². The van der Waals surface area contributed by atoms with Crippen LogP contribution in [0.1, 0.15) is 41.1 Å². The molecule has 3 aromatic rings. The van der Waals surface area contributed by atoms with Crippen molar-refractivity contribution in [1.82, 2.24) is 19.1 Å².